The largest absolute Gasteiger partial charge is 0.439 e. The Hall–Kier alpha value is -1.17. The van der Waals surface area contributed by atoms with Gasteiger partial charge in [-0.05, 0) is 40.2 Å². The third-order valence-corrected chi connectivity index (χ3v) is 3.15. The molecule has 0 aliphatic heterocycles. The van der Waals surface area contributed by atoms with Crippen LogP contribution in [-0.4, -0.2) is 4.98 Å². The van der Waals surface area contributed by atoms with Gasteiger partial charge in [-0.15, -0.1) is 0 Å². The maximum absolute atomic E-state index is 13.1. The number of pyridine rings is 1. The minimum atomic E-state index is -0.353. The van der Waals surface area contributed by atoms with Gasteiger partial charge in [0, 0.05) is 12.6 Å². The SMILES string of the molecule is NCc1nc(Oc2ccc(F)c(Br)c2)ccc1Cl. The average molecular weight is 332 g/mol. The van der Waals surface area contributed by atoms with E-state index in [1.54, 1.807) is 12.1 Å². The molecule has 2 N–H and O–H groups in total. The molecule has 2 aromatic rings. The molecule has 0 aliphatic carbocycles. The highest BCUT2D eigenvalue weighted by Crippen LogP contribution is 2.26. The zero-order valence-electron chi connectivity index (χ0n) is 9.16. The van der Waals surface area contributed by atoms with E-state index in [0.717, 1.165) is 0 Å². The minimum Gasteiger partial charge on any atom is -0.439 e. The fourth-order valence-corrected chi connectivity index (χ4v) is 1.87. The van der Waals surface area contributed by atoms with Crippen LogP contribution in [0, 0.1) is 5.82 Å². The summed E-state index contributed by atoms with van der Waals surface area (Å²) in [5.74, 6) is 0.480. The first-order chi connectivity index (χ1) is 8.60. The third kappa shape index (κ3) is 2.98. The van der Waals surface area contributed by atoms with Crippen LogP contribution in [0.15, 0.2) is 34.8 Å². The van der Waals surface area contributed by atoms with Gasteiger partial charge in [-0.1, -0.05) is 11.6 Å². The topological polar surface area (TPSA) is 48.1 Å². The summed E-state index contributed by atoms with van der Waals surface area (Å²) in [5, 5.41) is 0.491. The molecule has 0 saturated carbocycles. The van der Waals surface area contributed by atoms with Crippen LogP contribution < -0.4 is 10.5 Å². The maximum Gasteiger partial charge on any atom is 0.219 e. The van der Waals surface area contributed by atoms with E-state index in [9.17, 15) is 4.39 Å². The molecule has 94 valence electrons. The molecule has 2 rings (SSSR count). The van der Waals surface area contributed by atoms with E-state index in [1.165, 1.54) is 18.2 Å². The highest BCUT2D eigenvalue weighted by atomic mass is 79.9. The Morgan fingerprint density at radius 3 is 2.78 bits per heavy atom. The van der Waals surface area contributed by atoms with Gasteiger partial charge < -0.3 is 10.5 Å². The molecule has 1 aromatic heterocycles. The smallest absolute Gasteiger partial charge is 0.219 e. The molecule has 1 aromatic carbocycles. The fraction of sp³-hybridized carbons (Fsp3) is 0.0833. The number of nitrogens with two attached hydrogens (primary N) is 1. The van der Waals surface area contributed by atoms with Crippen LogP contribution in [0.3, 0.4) is 0 Å². The highest BCUT2D eigenvalue weighted by molar-refractivity contribution is 9.10. The Bertz CT molecular complexity index is 580. The van der Waals surface area contributed by atoms with Crippen molar-refractivity contribution in [3.63, 3.8) is 0 Å². The van der Waals surface area contributed by atoms with Crippen molar-refractivity contribution >= 4 is 27.5 Å². The molecule has 6 heteroatoms. The molecule has 3 nitrogen and oxygen atoms in total. The summed E-state index contributed by atoms with van der Waals surface area (Å²) in [5.41, 5.74) is 6.05. The van der Waals surface area contributed by atoms with E-state index >= 15 is 0 Å². The molecule has 0 saturated heterocycles. The number of rotatable bonds is 3. The Labute approximate surface area is 117 Å². The Morgan fingerprint density at radius 2 is 2.11 bits per heavy atom. The van der Waals surface area contributed by atoms with Crippen LogP contribution in [-0.2, 0) is 6.54 Å². The lowest BCUT2D eigenvalue weighted by Gasteiger charge is -2.07. The van der Waals surface area contributed by atoms with Crippen LogP contribution in [0.25, 0.3) is 0 Å². The molecule has 1 heterocycles. The fourth-order valence-electron chi connectivity index (χ4n) is 1.33. The summed E-state index contributed by atoms with van der Waals surface area (Å²) >= 11 is 8.97. The summed E-state index contributed by atoms with van der Waals surface area (Å²) in [7, 11) is 0. The molecular weight excluding hydrogens is 322 g/mol. The zero-order valence-corrected chi connectivity index (χ0v) is 11.5. The number of hydrogen-bond acceptors (Lipinski definition) is 3. The lowest BCUT2D eigenvalue weighted by atomic mass is 10.3. The van der Waals surface area contributed by atoms with Gasteiger partial charge in [0.1, 0.15) is 11.6 Å². The molecule has 0 aliphatic rings. The van der Waals surface area contributed by atoms with E-state index in [0.29, 0.717) is 26.8 Å². The molecule has 0 radical (unpaired) electrons. The van der Waals surface area contributed by atoms with Gasteiger partial charge in [-0.3, -0.25) is 0 Å². The van der Waals surface area contributed by atoms with E-state index in [2.05, 4.69) is 20.9 Å². The second-order valence-corrected chi connectivity index (χ2v) is 4.72. The first-order valence-electron chi connectivity index (χ1n) is 5.08. The van der Waals surface area contributed by atoms with Gasteiger partial charge in [-0.2, -0.15) is 0 Å². The van der Waals surface area contributed by atoms with Crippen molar-refractivity contribution < 1.29 is 9.13 Å². The standard InChI is InChI=1S/C12H9BrClFN2O/c13-8-5-7(1-3-10(8)15)18-12-4-2-9(14)11(6-16)17-12/h1-5H,6,16H2. The Morgan fingerprint density at radius 1 is 1.33 bits per heavy atom. The lowest BCUT2D eigenvalue weighted by Crippen LogP contribution is -2.01. The predicted molar refractivity (Wildman–Crippen MR) is 71.3 cm³/mol. The molecule has 18 heavy (non-hydrogen) atoms. The Balaban J connectivity index is 2.25. The monoisotopic (exact) mass is 330 g/mol. The second-order valence-electron chi connectivity index (χ2n) is 3.46. The van der Waals surface area contributed by atoms with Crippen molar-refractivity contribution in [1.82, 2.24) is 4.98 Å². The van der Waals surface area contributed by atoms with E-state index in [-0.39, 0.29) is 12.4 Å². The van der Waals surface area contributed by atoms with Crippen molar-refractivity contribution in [2.75, 3.05) is 0 Å². The molecule has 0 fully saturated rings. The van der Waals surface area contributed by atoms with Crippen LogP contribution in [0.2, 0.25) is 5.02 Å². The molecular formula is C12H9BrClFN2O. The van der Waals surface area contributed by atoms with Gasteiger partial charge in [0.25, 0.3) is 0 Å². The van der Waals surface area contributed by atoms with Gasteiger partial charge in [0.05, 0.1) is 15.2 Å². The quantitative estimate of drug-likeness (QED) is 0.928. The van der Waals surface area contributed by atoms with Crippen molar-refractivity contribution in [2.45, 2.75) is 6.54 Å². The number of halogens is 3. The summed E-state index contributed by atoms with van der Waals surface area (Å²) < 4.78 is 18.9. The maximum atomic E-state index is 13.1. The van der Waals surface area contributed by atoms with Crippen LogP contribution >= 0.6 is 27.5 Å². The third-order valence-electron chi connectivity index (χ3n) is 2.20. The second kappa shape index (κ2) is 5.65. The number of ether oxygens (including phenoxy) is 1. The van der Waals surface area contributed by atoms with Gasteiger partial charge in [-0.25, -0.2) is 9.37 Å². The summed E-state index contributed by atoms with van der Waals surface area (Å²) in [4.78, 5) is 4.15. The Kier molecular flexibility index (Phi) is 4.16. The van der Waals surface area contributed by atoms with Gasteiger partial charge >= 0.3 is 0 Å². The van der Waals surface area contributed by atoms with E-state index in [1.807, 2.05) is 0 Å². The molecule has 0 spiro atoms. The number of hydrogen-bond donors (Lipinski definition) is 1. The number of nitrogens with zero attached hydrogens (tertiary/aromatic N) is 1. The normalized spacial score (nSPS) is 10.4. The average Bonchev–Trinajstić information content (AvgIpc) is 2.36. The van der Waals surface area contributed by atoms with Crippen molar-refractivity contribution in [3.8, 4) is 11.6 Å². The van der Waals surface area contributed by atoms with Crippen LogP contribution in [0.4, 0.5) is 4.39 Å². The first kappa shape index (κ1) is 13.3. The van der Waals surface area contributed by atoms with Gasteiger partial charge in [0.15, 0.2) is 0 Å². The van der Waals surface area contributed by atoms with E-state index < -0.39 is 0 Å². The lowest BCUT2D eigenvalue weighted by molar-refractivity contribution is 0.458. The molecule has 0 amide bonds. The summed E-state index contributed by atoms with van der Waals surface area (Å²) in [6.45, 7) is 0.225. The van der Waals surface area contributed by atoms with Gasteiger partial charge in [0.2, 0.25) is 5.88 Å². The van der Waals surface area contributed by atoms with Crippen LogP contribution in [0.5, 0.6) is 11.6 Å². The summed E-state index contributed by atoms with van der Waals surface area (Å²) in [6, 6.07) is 7.62. The molecule has 0 atom stereocenters. The molecule has 0 bridgehead atoms. The van der Waals surface area contributed by atoms with Crippen molar-refractivity contribution in [2.24, 2.45) is 5.73 Å². The zero-order chi connectivity index (χ0) is 13.1. The minimum absolute atomic E-state index is 0.225. The highest BCUT2D eigenvalue weighted by Gasteiger charge is 2.06. The van der Waals surface area contributed by atoms with E-state index in [4.69, 9.17) is 22.1 Å². The van der Waals surface area contributed by atoms with Crippen molar-refractivity contribution in [3.05, 3.63) is 51.3 Å². The number of aromatic nitrogens is 1. The number of benzene rings is 1. The predicted octanol–water partition coefficient (Wildman–Crippen LogP) is 3.89. The van der Waals surface area contributed by atoms with Crippen LogP contribution in [0.1, 0.15) is 5.69 Å². The summed E-state index contributed by atoms with van der Waals surface area (Å²) in [6.07, 6.45) is 0. The molecule has 0 unspecified atom stereocenters. The first-order valence-corrected chi connectivity index (χ1v) is 6.25. The van der Waals surface area contributed by atoms with Crippen molar-refractivity contribution in [1.29, 1.82) is 0 Å².